The maximum atomic E-state index is 9.94. The first-order chi connectivity index (χ1) is 14.7. The van der Waals surface area contributed by atoms with Crippen LogP contribution in [0.1, 0.15) is 155 Å². The molecular weight excluding hydrogens is 362 g/mol. The minimum atomic E-state index is 0.0369. The van der Waals surface area contributed by atoms with E-state index in [9.17, 15) is 5.26 Å². The van der Waals surface area contributed by atoms with E-state index in [2.05, 4.69) is 19.9 Å². The van der Waals surface area contributed by atoms with Crippen LogP contribution in [-0.2, 0) is 0 Å². The first kappa shape index (κ1) is 25.7. The number of hydrogen-bond acceptors (Lipinski definition) is 1. The van der Waals surface area contributed by atoms with Crippen LogP contribution in [0.3, 0.4) is 0 Å². The van der Waals surface area contributed by atoms with Crippen molar-refractivity contribution in [3.63, 3.8) is 0 Å². The van der Waals surface area contributed by atoms with E-state index >= 15 is 0 Å². The highest BCUT2D eigenvalue weighted by Crippen LogP contribution is 2.47. The smallest absolute Gasteiger partial charge is 0.0689 e. The van der Waals surface area contributed by atoms with Crippen molar-refractivity contribution in [2.45, 2.75) is 155 Å². The molecule has 0 aliphatic heterocycles. The molecule has 30 heavy (non-hydrogen) atoms. The predicted octanol–water partition coefficient (Wildman–Crippen LogP) is 9.99. The molecule has 0 spiro atoms. The number of nitriles is 1. The Hall–Kier alpha value is -0.510. The van der Waals surface area contributed by atoms with E-state index in [4.69, 9.17) is 0 Å². The van der Waals surface area contributed by atoms with Crippen molar-refractivity contribution in [1.29, 1.82) is 5.26 Å². The first-order valence-electron chi connectivity index (χ1n) is 14.1. The zero-order chi connectivity index (χ0) is 21.5. The van der Waals surface area contributed by atoms with Crippen molar-refractivity contribution in [1.82, 2.24) is 0 Å². The molecule has 2 saturated carbocycles. The Morgan fingerprint density at radius 3 is 1.70 bits per heavy atom. The van der Waals surface area contributed by atoms with Gasteiger partial charge in [0, 0.05) is 0 Å². The number of hydrogen-bond donors (Lipinski definition) is 0. The lowest BCUT2D eigenvalue weighted by atomic mass is 9.63. The molecule has 0 aromatic carbocycles. The molecule has 174 valence electrons. The average Bonchev–Trinajstić information content (AvgIpc) is 2.79. The highest BCUT2D eigenvalue weighted by atomic mass is 14.4. The Bertz CT molecular complexity index is 445. The molecular formula is C29H53N. The minimum Gasteiger partial charge on any atom is -0.198 e. The molecule has 0 heterocycles. The van der Waals surface area contributed by atoms with Gasteiger partial charge >= 0.3 is 0 Å². The lowest BCUT2D eigenvalue weighted by molar-refractivity contribution is 0.114. The summed E-state index contributed by atoms with van der Waals surface area (Å²) >= 11 is 0. The van der Waals surface area contributed by atoms with Crippen LogP contribution in [0.5, 0.6) is 0 Å². The largest absolute Gasteiger partial charge is 0.198 e. The second kappa shape index (κ2) is 15.3. The summed E-state index contributed by atoms with van der Waals surface area (Å²) in [5.74, 6) is 2.95. The third-order valence-electron chi connectivity index (χ3n) is 8.76. The van der Waals surface area contributed by atoms with Gasteiger partial charge in [0.25, 0.3) is 0 Å². The summed E-state index contributed by atoms with van der Waals surface area (Å²) in [6.07, 6.45) is 30.4. The van der Waals surface area contributed by atoms with E-state index in [0.29, 0.717) is 0 Å². The highest BCUT2D eigenvalue weighted by molar-refractivity contribution is 5.02. The third-order valence-corrected chi connectivity index (χ3v) is 8.76. The lowest BCUT2D eigenvalue weighted by Gasteiger charge is -2.41. The molecule has 0 N–H and O–H groups in total. The minimum absolute atomic E-state index is 0.0369. The van der Waals surface area contributed by atoms with Gasteiger partial charge < -0.3 is 0 Å². The molecule has 0 amide bonds. The predicted molar refractivity (Wildman–Crippen MR) is 131 cm³/mol. The molecule has 1 heteroatoms. The Morgan fingerprint density at radius 2 is 1.13 bits per heavy atom. The lowest BCUT2D eigenvalue weighted by Crippen LogP contribution is -2.31. The van der Waals surface area contributed by atoms with Crippen LogP contribution in [0.15, 0.2) is 0 Å². The Labute approximate surface area is 189 Å². The van der Waals surface area contributed by atoms with E-state index in [1.54, 1.807) is 0 Å². The topological polar surface area (TPSA) is 23.8 Å². The summed E-state index contributed by atoms with van der Waals surface area (Å²) in [6, 6.07) is 2.80. The first-order valence-corrected chi connectivity index (χ1v) is 14.1. The van der Waals surface area contributed by atoms with Crippen LogP contribution in [0, 0.1) is 34.5 Å². The summed E-state index contributed by atoms with van der Waals surface area (Å²) in [7, 11) is 0. The Morgan fingerprint density at radius 1 is 0.633 bits per heavy atom. The van der Waals surface area contributed by atoms with Crippen LogP contribution in [-0.4, -0.2) is 0 Å². The van der Waals surface area contributed by atoms with Gasteiger partial charge in [0.05, 0.1) is 11.5 Å². The molecule has 2 rings (SSSR count). The zero-order valence-corrected chi connectivity index (χ0v) is 20.7. The van der Waals surface area contributed by atoms with Gasteiger partial charge in [-0.15, -0.1) is 0 Å². The van der Waals surface area contributed by atoms with Gasteiger partial charge in [0.1, 0.15) is 0 Å². The normalized spacial score (nSPS) is 29.6. The quantitative estimate of drug-likeness (QED) is 0.244. The van der Waals surface area contributed by atoms with Crippen molar-refractivity contribution < 1.29 is 0 Å². The van der Waals surface area contributed by atoms with Gasteiger partial charge in [-0.1, -0.05) is 110 Å². The van der Waals surface area contributed by atoms with Gasteiger partial charge in [-0.2, -0.15) is 5.26 Å². The zero-order valence-electron chi connectivity index (χ0n) is 20.7. The highest BCUT2D eigenvalue weighted by Gasteiger charge is 2.38. The van der Waals surface area contributed by atoms with Crippen LogP contribution in [0.25, 0.3) is 0 Å². The molecule has 0 saturated heterocycles. The fourth-order valence-corrected chi connectivity index (χ4v) is 6.49. The monoisotopic (exact) mass is 415 g/mol. The van der Waals surface area contributed by atoms with Crippen molar-refractivity contribution in [2.24, 2.45) is 23.2 Å². The molecule has 0 unspecified atom stereocenters. The molecule has 0 aromatic heterocycles. The van der Waals surface area contributed by atoms with Gasteiger partial charge in [-0.25, -0.2) is 0 Å². The van der Waals surface area contributed by atoms with Crippen LogP contribution in [0.4, 0.5) is 0 Å². The molecule has 1 nitrogen and oxygen atoms in total. The summed E-state index contributed by atoms with van der Waals surface area (Å²) in [5.41, 5.74) is 0.0369. The number of rotatable bonds is 15. The fourth-order valence-electron chi connectivity index (χ4n) is 6.49. The van der Waals surface area contributed by atoms with E-state index < -0.39 is 0 Å². The van der Waals surface area contributed by atoms with Gasteiger partial charge in [0.15, 0.2) is 0 Å². The van der Waals surface area contributed by atoms with Crippen molar-refractivity contribution in [3.05, 3.63) is 0 Å². The summed E-state index contributed by atoms with van der Waals surface area (Å²) in [5, 5.41) is 9.94. The fraction of sp³-hybridized carbons (Fsp3) is 0.966. The standard InChI is InChI=1S/C29H53N/c1-3-5-7-9-10-11-12-14-22-29(25-30)23-20-28(21-24-29)27-18-16-26(17-19-27)15-13-8-6-4-2/h26-28H,3-24H2,1-2H3/t26?,27?,28-,29+. The van der Waals surface area contributed by atoms with Gasteiger partial charge in [-0.3, -0.25) is 0 Å². The molecule has 0 atom stereocenters. The summed E-state index contributed by atoms with van der Waals surface area (Å²) in [4.78, 5) is 0. The summed E-state index contributed by atoms with van der Waals surface area (Å²) in [6.45, 7) is 4.60. The third kappa shape index (κ3) is 9.32. The van der Waals surface area contributed by atoms with Gasteiger partial charge in [-0.05, 0) is 62.7 Å². The SMILES string of the molecule is CCCCCCCCCC[C@]1(C#N)CC[C@@H](C2CCC(CCCCCC)CC2)CC1. The maximum Gasteiger partial charge on any atom is 0.0689 e. The Balaban J connectivity index is 1.58. The van der Waals surface area contributed by atoms with E-state index in [1.165, 1.54) is 141 Å². The molecule has 0 aromatic rings. The number of unbranched alkanes of at least 4 members (excludes halogenated alkanes) is 10. The molecule has 2 aliphatic carbocycles. The van der Waals surface area contributed by atoms with Crippen LogP contribution < -0.4 is 0 Å². The van der Waals surface area contributed by atoms with E-state index in [1.807, 2.05) is 0 Å². The van der Waals surface area contributed by atoms with Crippen LogP contribution >= 0.6 is 0 Å². The Kier molecular flexibility index (Phi) is 13.1. The molecule has 0 radical (unpaired) electrons. The number of nitrogens with zero attached hydrogens (tertiary/aromatic N) is 1. The van der Waals surface area contributed by atoms with E-state index in [0.717, 1.165) is 17.8 Å². The van der Waals surface area contributed by atoms with E-state index in [-0.39, 0.29) is 5.41 Å². The summed E-state index contributed by atoms with van der Waals surface area (Å²) < 4.78 is 0. The van der Waals surface area contributed by atoms with Crippen molar-refractivity contribution >= 4 is 0 Å². The second-order valence-corrected chi connectivity index (χ2v) is 11.1. The van der Waals surface area contributed by atoms with Crippen molar-refractivity contribution in [2.75, 3.05) is 0 Å². The average molecular weight is 416 g/mol. The van der Waals surface area contributed by atoms with Crippen molar-refractivity contribution in [3.8, 4) is 6.07 Å². The second-order valence-electron chi connectivity index (χ2n) is 11.1. The van der Waals surface area contributed by atoms with Gasteiger partial charge in [0.2, 0.25) is 0 Å². The maximum absolute atomic E-state index is 9.94. The molecule has 0 bridgehead atoms. The van der Waals surface area contributed by atoms with Crippen LogP contribution in [0.2, 0.25) is 0 Å². The molecule has 2 aliphatic rings. The molecule has 2 fully saturated rings.